The fourth-order valence-electron chi connectivity index (χ4n) is 5.00. The summed E-state index contributed by atoms with van der Waals surface area (Å²) in [6, 6.07) is 11.9. The number of urea groups is 1. The van der Waals surface area contributed by atoms with E-state index >= 15 is 0 Å². The smallest absolute Gasteiger partial charge is 0.321 e. The van der Waals surface area contributed by atoms with E-state index in [2.05, 4.69) is 16.7 Å². The molecule has 3 aliphatic rings. The van der Waals surface area contributed by atoms with Gasteiger partial charge >= 0.3 is 6.03 Å². The van der Waals surface area contributed by atoms with E-state index < -0.39 is 29.7 Å². The number of hydrogen-bond acceptors (Lipinski definition) is 5. The molecule has 3 heterocycles. The molecule has 9 nitrogen and oxygen atoms in total. The number of fused-ring (bicyclic) bond motifs is 2. The Morgan fingerprint density at radius 2 is 1.80 bits per heavy atom. The summed E-state index contributed by atoms with van der Waals surface area (Å²) < 4.78 is 0. The highest BCUT2D eigenvalue weighted by atomic mass is 16.2. The molecular weight excluding hydrogens is 448 g/mol. The second-order valence-electron chi connectivity index (χ2n) is 9.05. The van der Waals surface area contributed by atoms with E-state index in [9.17, 15) is 24.0 Å². The van der Waals surface area contributed by atoms with Gasteiger partial charge in [0, 0.05) is 25.2 Å². The van der Waals surface area contributed by atoms with Crippen LogP contribution in [0.3, 0.4) is 0 Å². The lowest BCUT2D eigenvalue weighted by Gasteiger charge is -2.29. The molecule has 2 aromatic rings. The highest BCUT2D eigenvalue weighted by Crippen LogP contribution is 2.29. The van der Waals surface area contributed by atoms with Crippen LogP contribution >= 0.6 is 0 Å². The summed E-state index contributed by atoms with van der Waals surface area (Å²) in [6.07, 6.45) is 3.40. The Balaban J connectivity index is 1.18. The Hall–Kier alpha value is -4.01. The number of para-hydroxylation sites is 1. The van der Waals surface area contributed by atoms with Gasteiger partial charge in [0.05, 0.1) is 11.1 Å². The molecule has 180 valence electrons. The zero-order valence-corrected chi connectivity index (χ0v) is 19.2. The SMILES string of the molecule is O=C1CCC(N2C(=O)c3ccc(CCCNC(=O)N4CCCc5ccccc54)cc3C2=O)C(=O)N1. The Morgan fingerprint density at radius 3 is 2.63 bits per heavy atom. The fourth-order valence-corrected chi connectivity index (χ4v) is 5.00. The summed E-state index contributed by atoms with van der Waals surface area (Å²) in [7, 11) is 0. The Bertz CT molecular complexity index is 1240. The molecule has 2 aromatic carbocycles. The number of benzene rings is 2. The first-order chi connectivity index (χ1) is 16.9. The molecule has 1 unspecified atom stereocenters. The molecule has 1 atom stereocenters. The van der Waals surface area contributed by atoms with E-state index in [1.807, 2.05) is 18.2 Å². The average Bonchev–Trinajstić information content (AvgIpc) is 3.10. The molecule has 3 aliphatic heterocycles. The number of amides is 6. The van der Waals surface area contributed by atoms with Crippen LogP contribution in [-0.2, 0) is 22.4 Å². The first kappa shape index (κ1) is 22.8. The molecule has 0 aliphatic carbocycles. The molecule has 9 heteroatoms. The molecule has 1 fully saturated rings. The number of nitrogens with zero attached hydrogens (tertiary/aromatic N) is 2. The van der Waals surface area contributed by atoms with Crippen LogP contribution in [0.5, 0.6) is 0 Å². The van der Waals surface area contributed by atoms with Gasteiger partial charge < -0.3 is 5.32 Å². The molecule has 1 saturated heterocycles. The van der Waals surface area contributed by atoms with Crippen LogP contribution in [-0.4, -0.2) is 53.7 Å². The number of carbonyl (C=O) groups excluding carboxylic acids is 5. The van der Waals surface area contributed by atoms with Gasteiger partial charge in [-0.25, -0.2) is 4.79 Å². The van der Waals surface area contributed by atoms with Crippen molar-refractivity contribution in [3.05, 3.63) is 64.7 Å². The van der Waals surface area contributed by atoms with Crippen molar-refractivity contribution >= 4 is 35.3 Å². The van der Waals surface area contributed by atoms with Crippen molar-refractivity contribution < 1.29 is 24.0 Å². The number of anilines is 1. The summed E-state index contributed by atoms with van der Waals surface area (Å²) in [6.45, 7) is 1.16. The second kappa shape index (κ2) is 9.32. The van der Waals surface area contributed by atoms with Crippen molar-refractivity contribution in [2.45, 2.75) is 44.6 Å². The van der Waals surface area contributed by atoms with Gasteiger partial charge in [0.2, 0.25) is 11.8 Å². The maximum absolute atomic E-state index is 13.0. The second-order valence-corrected chi connectivity index (χ2v) is 9.05. The minimum atomic E-state index is -0.973. The lowest BCUT2D eigenvalue weighted by molar-refractivity contribution is -0.136. The van der Waals surface area contributed by atoms with Gasteiger partial charge in [0.15, 0.2) is 0 Å². The quantitative estimate of drug-likeness (QED) is 0.509. The predicted molar refractivity (Wildman–Crippen MR) is 127 cm³/mol. The monoisotopic (exact) mass is 474 g/mol. The van der Waals surface area contributed by atoms with Gasteiger partial charge in [-0.2, -0.15) is 0 Å². The van der Waals surface area contributed by atoms with Crippen LogP contribution in [0.1, 0.15) is 57.5 Å². The molecule has 0 aromatic heterocycles. The highest BCUT2D eigenvalue weighted by Gasteiger charge is 2.44. The molecule has 0 spiro atoms. The number of imide groups is 2. The molecule has 0 bridgehead atoms. The number of nitrogens with one attached hydrogen (secondary N) is 2. The Kier molecular flexibility index (Phi) is 6.07. The maximum Gasteiger partial charge on any atom is 0.321 e. The third-order valence-corrected chi connectivity index (χ3v) is 6.78. The van der Waals surface area contributed by atoms with E-state index in [1.54, 1.807) is 23.1 Å². The molecule has 2 N–H and O–H groups in total. The van der Waals surface area contributed by atoms with Crippen LogP contribution in [0.15, 0.2) is 42.5 Å². The van der Waals surface area contributed by atoms with Gasteiger partial charge in [-0.05, 0) is 61.4 Å². The van der Waals surface area contributed by atoms with E-state index in [0.29, 0.717) is 25.9 Å². The summed E-state index contributed by atoms with van der Waals surface area (Å²) in [5, 5.41) is 5.17. The van der Waals surface area contributed by atoms with Crippen molar-refractivity contribution in [1.29, 1.82) is 0 Å². The first-order valence-electron chi connectivity index (χ1n) is 11.9. The summed E-state index contributed by atoms with van der Waals surface area (Å²) in [5.41, 5.74) is 3.54. The maximum atomic E-state index is 13.0. The van der Waals surface area contributed by atoms with Gasteiger partial charge in [-0.3, -0.25) is 34.3 Å². The van der Waals surface area contributed by atoms with E-state index in [0.717, 1.165) is 29.0 Å². The van der Waals surface area contributed by atoms with Crippen molar-refractivity contribution in [3.8, 4) is 0 Å². The Morgan fingerprint density at radius 1 is 1.00 bits per heavy atom. The largest absolute Gasteiger partial charge is 0.338 e. The predicted octanol–water partition coefficient (Wildman–Crippen LogP) is 2.18. The normalized spacial score (nSPS) is 19.4. The standard InChI is InChI=1S/C26H26N4O5/c31-22-12-11-21(23(32)28-22)30-24(33)18-10-9-16(15-19(18)25(30)34)5-3-13-27-26(35)29-14-4-7-17-6-1-2-8-20(17)29/h1-2,6,8-10,15,21H,3-5,7,11-14H2,(H,27,35)(H,28,31,32). The highest BCUT2D eigenvalue weighted by molar-refractivity contribution is 6.23. The van der Waals surface area contributed by atoms with Crippen LogP contribution in [0, 0.1) is 0 Å². The fraction of sp³-hybridized carbons (Fsp3) is 0.346. The minimum absolute atomic E-state index is 0.0871. The lowest BCUT2D eigenvalue weighted by atomic mass is 10.0. The summed E-state index contributed by atoms with van der Waals surface area (Å²) in [5.74, 6) is -2.05. The van der Waals surface area contributed by atoms with Crippen LogP contribution in [0.25, 0.3) is 0 Å². The van der Waals surface area contributed by atoms with Crippen LogP contribution < -0.4 is 15.5 Å². The number of carbonyl (C=O) groups is 5. The molecular formula is C26H26N4O5. The molecule has 0 saturated carbocycles. The average molecular weight is 475 g/mol. The van der Waals surface area contributed by atoms with E-state index in [1.165, 1.54) is 5.56 Å². The topological polar surface area (TPSA) is 116 Å². The van der Waals surface area contributed by atoms with Crippen molar-refractivity contribution in [2.24, 2.45) is 0 Å². The van der Waals surface area contributed by atoms with Gasteiger partial charge in [-0.1, -0.05) is 24.3 Å². The van der Waals surface area contributed by atoms with Crippen LogP contribution in [0.2, 0.25) is 0 Å². The molecule has 6 amide bonds. The van der Waals surface area contributed by atoms with Gasteiger partial charge in [0.25, 0.3) is 11.8 Å². The van der Waals surface area contributed by atoms with Crippen molar-refractivity contribution in [2.75, 3.05) is 18.0 Å². The first-order valence-corrected chi connectivity index (χ1v) is 11.9. The van der Waals surface area contributed by atoms with E-state index in [-0.39, 0.29) is 30.0 Å². The number of hydrogen-bond donors (Lipinski definition) is 2. The third-order valence-electron chi connectivity index (χ3n) is 6.78. The molecule has 5 rings (SSSR count). The summed E-state index contributed by atoms with van der Waals surface area (Å²) in [4.78, 5) is 64.8. The number of aryl methyl sites for hydroxylation is 2. The summed E-state index contributed by atoms with van der Waals surface area (Å²) >= 11 is 0. The zero-order valence-electron chi connectivity index (χ0n) is 19.2. The Labute approximate surface area is 202 Å². The molecule has 0 radical (unpaired) electrons. The minimum Gasteiger partial charge on any atom is -0.338 e. The van der Waals surface area contributed by atoms with Crippen molar-refractivity contribution in [3.63, 3.8) is 0 Å². The third kappa shape index (κ3) is 4.29. The lowest BCUT2D eigenvalue weighted by Crippen LogP contribution is -2.54. The zero-order chi connectivity index (χ0) is 24.5. The van der Waals surface area contributed by atoms with Crippen LogP contribution in [0.4, 0.5) is 10.5 Å². The van der Waals surface area contributed by atoms with Gasteiger partial charge in [-0.15, -0.1) is 0 Å². The van der Waals surface area contributed by atoms with E-state index in [4.69, 9.17) is 0 Å². The van der Waals surface area contributed by atoms with Gasteiger partial charge in [0.1, 0.15) is 6.04 Å². The van der Waals surface area contributed by atoms with Crippen molar-refractivity contribution in [1.82, 2.24) is 15.5 Å². The number of rotatable bonds is 5. The molecule has 35 heavy (non-hydrogen) atoms. The number of piperidine rings is 1.